The highest BCUT2D eigenvalue weighted by Crippen LogP contribution is 2.53. The maximum Gasteiger partial charge on any atom is 0.333 e. The van der Waals surface area contributed by atoms with Crippen LogP contribution in [0.25, 0.3) is 0 Å². The molecule has 4 amide bonds. The number of aryl methyl sites for hydroxylation is 2. The monoisotopic (exact) mass is 896 g/mol. The van der Waals surface area contributed by atoms with Crippen LogP contribution >= 0.6 is 11.3 Å². The third-order valence-electron chi connectivity index (χ3n) is 15.4. The number of urea groups is 2. The highest BCUT2D eigenvalue weighted by Gasteiger charge is 2.42. The van der Waals surface area contributed by atoms with E-state index in [9.17, 15) is 26.4 Å². The fourth-order valence-electron chi connectivity index (χ4n) is 12.7. The molecule has 10 aliphatic rings. The van der Waals surface area contributed by atoms with E-state index in [2.05, 4.69) is 35.9 Å². The molecule has 0 saturated carbocycles. The largest absolute Gasteiger partial charge is 0.447 e. The van der Waals surface area contributed by atoms with Crippen molar-refractivity contribution in [2.45, 2.75) is 143 Å². The van der Waals surface area contributed by atoms with Crippen molar-refractivity contribution in [2.24, 2.45) is 0 Å². The lowest BCUT2D eigenvalue weighted by atomic mass is 9.81. The summed E-state index contributed by atoms with van der Waals surface area (Å²) in [4.78, 5) is 33.0. The molecule has 326 valence electrons. The normalized spacial score (nSPS) is 25.3. The number of benzene rings is 2. The molecule has 4 aromatic rings. The minimum atomic E-state index is -4.24. The maximum absolute atomic E-state index is 13.8. The molecule has 2 aromatic heterocycles. The Labute approximate surface area is 366 Å². The number of sulfonamides is 2. The molecule has 0 spiro atoms. The second-order valence-corrected chi connectivity index (χ2v) is 23.5. The molecular formula is C46H52N6O7S3. The van der Waals surface area contributed by atoms with Crippen molar-refractivity contribution >= 4 is 54.8 Å². The van der Waals surface area contributed by atoms with Crippen molar-refractivity contribution in [3.63, 3.8) is 0 Å². The quantitative estimate of drug-likeness (QED) is 0.147. The van der Waals surface area contributed by atoms with Crippen molar-refractivity contribution in [3.05, 3.63) is 90.0 Å². The summed E-state index contributed by atoms with van der Waals surface area (Å²) in [7, 11) is -8.34. The second-order valence-electron chi connectivity index (χ2n) is 18.9. The van der Waals surface area contributed by atoms with Crippen molar-refractivity contribution in [1.82, 2.24) is 19.2 Å². The Balaban J connectivity index is 0.777. The van der Waals surface area contributed by atoms with Gasteiger partial charge in [-0.15, -0.1) is 11.3 Å². The van der Waals surface area contributed by atoms with Crippen LogP contribution in [0.2, 0.25) is 0 Å². The van der Waals surface area contributed by atoms with E-state index in [0.29, 0.717) is 13.1 Å². The van der Waals surface area contributed by atoms with Gasteiger partial charge in [-0.05, 0) is 190 Å². The molecule has 3 unspecified atom stereocenters. The lowest BCUT2D eigenvalue weighted by Crippen LogP contribution is -2.36. The van der Waals surface area contributed by atoms with Crippen LogP contribution in [0, 0.1) is 0 Å². The molecule has 8 heterocycles. The Morgan fingerprint density at radius 2 is 1.19 bits per heavy atom. The van der Waals surface area contributed by atoms with E-state index in [-0.39, 0.29) is 27.2 Å². The fourth-order valence-corrected chi connectivity index (χ4v) is 16.2. The van der Waals surface area contributed by atoms with Crippen molar-refractivity contribution in [1.29, 1.82) is 0 Å². The number of fused-ring (bicyclic) bond motifs is 8. The van der Waals surface area contributed by atoms with Crippen LogP contribution in [0.4, 0.5) is 21.0 Å². The molecule has 4 bridgehead atoms. The first kappa shape index (κ1) is 39.4. The van der Waals surface area contributed by atoms with Crippen LogP contribution in [0.5, 0.6) is 0 Å². The average molecular weight is 897 g/mol. The molecule has 2 saturated heterocycles. The van der Waals surface area contributed by atoms with E-state index < -0.39 is 32.1 Å². The number of thiophene rings is 1. The van der Waals surface area contributed by atoms with Crippen molar-refractivity contribution in [2.75, 3.05) is 30.3 Å². The zero-order valence-corrected chi connectivity index (χ0v) is 37.2. The maximum atomic E-state index is 13.8. The lowest BCUT2D eigenvalue weighted by molar-refractivity contribution is 0.138. The topological polar surface area (TPSA) is 170 Å². The van der Waals surface area contributed by atoms with Gasteiger partial charge in [-0.3, -0.25) is 9.80 Å². The van der Waals surface area contributed by atoms with E-state index >= 15 is 0 Å². The SMILES string of the molecule is O=C(Nc1c2c(c(C3CC4CCN3Cc3cc(S(=O)(=O)NC(=O)Nc5c6c(cc7c5CCC7)CCC6)sc34)c3c1CCC3)CCC2)NS(=O)(=O)c1cc2c(o1)C1CCN(CC1)C2. The van der Waals surface area contributed by atoms with E-state index in [0.717, 1.165) is 178 Å². The van der Waals surface area contributed by atoms with Gasteiger partial charge in [-0.1, -0.05) is 6.07 Å². The molecule has 3 atom stereocenters. The summed E-state index contributed by atoms with van der Waals surface area (Å²) in [5.41, 5.74) is 14.5. The molecule has 6 aliphatic heterocycles. The number of amides is 4. The Morgan fingerprint density at radius 3 is 1.87 bits per heavy atom. The zero-order chi connectivity index (χ0) is 42.1. The first-order chi connectivity index (χ1) is 30.0. The number of anilines is 2. The molecule has 0 radical (unpaired) electrons. The van der Waals surface area contributed by atoms with Crippen molar-refractivity contribution in [3.8, 4) is 0 Å². The molecule has 13 nitrogen and oxygen atoms in total. The predicted octanol–water partition coefficient (Wildman–Crippen LogP) is 7.44. The number of hydrogen-bond donors (Lipinski definition) is 4. The third kappa shape index (κ3) is 6.48. The number of nitrogens with one attached hydrogen (secondary N) is 4. The summed E-state index contributed by atoms with van der Waals surface area (Å²) in [6, 6.07) is 4.34. The van der Waals surface area contributed by atoms with Gasteiger partial charge in [0.25, 0.3) is 20.0 Å². The molecule has 62 heavy (non-hydrogen) atoms. The zero-order valence-electron chi connectivity index (χ0n) is 34.8. The van der Waals surface area contributed by atoms with E-state index in [1.165, 1.54) is 39.2 Å². The van der Waals surface area contributed by atoms with Gasteiger partial charge in [0, 0.05) is 52.9 Å². The molecule has 2 aromatic carbocycles. The minimum absolute atomic E-state index is 0.148. The Bertz CT molecular complexity index is 2750. The van der Waals surface area contributed by atoms with E-state index in [1.807, 2.05) is 0 Å². The Kier molecular flexibility index (Phi) is 9.31. The number of rotatable bonds is 7. The first-order valence-corrected chi connectivity index (χ1v) is 26.5. The minimum Gasteiger partial charge on any atom is -0.447 e. The number of furan rings is 1. The van der Waals surface area contributed by atoms with Gasteiger partial charge in [0.15, 0.2) is 0 Å². The van der Waals surface area contributed by atoms with Gasteiger partial charge < -0.3 is 15.1 Å². The second kappa shape index (κ2) is 14.7. The van der Waals surface area contributed by atoms with Crippen LogP contribution in [0.3, 0.4) is 0 Å². The molecule has 14 rings (SSSR count). The number of carbonyl (C=O) groups excluding carboxylic acids is 2. The number of carbonyl (C=O) groups is 2. The molecule has 2 fully saturated rings. The number of piperidine rings is 2. The van der Waals surface area contributed by atoms with Crippen LogP contribution in [0.15, 0.2) is 31.9 Å². The first-order valence-electron chi connectivity index (χ1n) is 22.7. The lowest BCUT2D eigenvalue weighted by Gasteiger charge is -2.39. The van der Waals surface area contributed by atoms with Gasteiger partial charge in [0.2, 0.25) is 5.09 Å². The van der Waals surface area contributed by atoms with Crippen LogP contribution < -0.4 is 20.1 Å². The highest BCUT2D eigenvalue weighted by atomic mass is 32.2. The van der Waals surface area contributed by atoms with E-state index in [4.69, 9.17) is 4.42 Å². The van der Waals surface area contributed by atoms with Crippen LogP contribution in [-0.2, 0) is 84.5 Å². The molecular weight excluding hydrogens is 845 g/mol. The van der Waals surface area contributed by atoms with Crippen LogP contribution in [-0.4, -0.2) is 58.3 Å². The summed E-state index contributed by atoms with van der Waals surface area (Å²) in [5.74, 6) is 1.12. The van der Waals surface area contributed by atoms with Gasteiger partial charge in [0.05, 0.1) is 0 Å². The van der Waals surface area contributed by atoms with Gasteiger partial charge in [-0.2, -0.15) is 8.42 Å². The molecule has 4 N–H and O–H groups in total. The summed E-state index contributed by atoms with van der Waals surface area (Å²) in [6.45, 7) is 4.13. The molecule has 4 aliphatic carbocycles. The van der Waals surface area contributed by atoms with Gasteiger partial charge in [-0.25, -0.2) is 27.5 Å². The van der Waals surface area contributed by atoms with Gasteiger partial charge in [0.1, 0.15) is 9.97 Å². The third-order valence-corrected chi connectivity index (χ3v) is 19.7. The highest BCUT2D eigenvalue weighted by molar-refractivity contribution is 7.92. The van der Waals surface area contributed by atoms with Gasteiger partial charge >= 0.3 is 12.1 Å². The predicted molar refractivity (Wildman–Crippen MR) is 235 cm³/mol. The number of hydrogen-bond acceptors (Lipinski definition) is 10. The summed E-state index contributed by atoms with van der Waals surface area (Å²) >= 11 is 1.31. The van der Waals surface area contributed by atoms with Crippen LogP contribution in [0.1, 0.15) is 141 Å². The smallest absolute Gasteiger partial charge is 0.333 e. The summed E-state index contributed by atoms with van der Waals surface area (Å²) in [6.07, 6.45) is 14.8. The Morgan fingerprint density at radius 1 is 0.613 bits per heavy atom. The fraction of sp³-hybridized carbons (Fsp3) is 0.522. The van der Waals surface area contributed by atoms with Crippen molar-refractivity contribution < 1.29 is 30.8 Å². The van der Waals surface area contributed by atoms with E-state index in [1.54, 1.807) is 12.1 Å². The Hall–Kier alpha value is -4.22. The summed E-state index contributed by atoms with van der Waals surface area (Å²) < 4.78 is 65.6. The summed E-state index contributed by atoms with van der Waals surface area (Å²) in [5, 5.41) is 5.82. The standard InChI is InChI=1S/C46H52N6O7S3/c53-45(49-61(55,56)38-21-29-23-51-16-13-25(14-17-51)43(29)59-38)48-42-35-11-3-9-33(35)40(34-10-4-12-36(34)42)37-20-28-15-18-52(37)24-30-22-39(60-44(28)30)62(57,58)50-46(54)47-41-31-7-1-5-26(31)19-27-6-2-8-32(27)41/h19,21-22,25,28,37H,1-18,20,23-24H2,(H2,47,50,54)(H2,48,49,53). The number of nitrogens with zero attached hydrogens (tertiary/aromatic N) is 2. The molecule has 16 heteroatoms. The average Bonchev–Trinajstić information content (AvgIpc) is 4.10.